The molecule has 1 aliphatic rings. The zero-order valence-corrected chi connectivity index (χ0v) is 10.6. The minimum atomic E-state index is -0.526. The molecule has 2 rings (SSSR count). The van der Waals surface area contributed by atoms with Gasteiger partial charge in [-0.2, -0.15) is 0 Å². The molecule has 0 bridgehead atoms. The van der Waals surface area contributed by atoms with E-state index < -0.39 is 6.10 Å². The molecule has 1 atom stereocenters. The van der Waals surface area contributed by atoms with Crippen LogP contribution in [0.25, 0.3) is 0 Å². The van der Waals surface area contributed by atoms with Crippen LogP contribution in [0, 0.1) is 0 Å². The van der Waals surface area contributed by atoms with E-state index in [0.717, 1.165) is 22.9 Å². The molecular weight excluding hydrogens is 270 g/mol. The van der Waals surface area contributed by atoms with Gasteiger partial charge < -0.3 is 15.5 Å². The molecular formula is C12H16BrNO2. The van der Waals surface area contributed by atoms with Gasteiger partial charge in [0.15, 0.2) is 0 Å². The highest BCUT2D eigenvalue weighted by Crippen LogP contribution is 2.34. The fraction of sp³-hybridized carbons (Fsp3) is 0.500. The molecule has 3 N–H and O–H groups in total. The van der Waals surface area contributed by atoms with Gasteiger partial charge >= 0.3 is 0 Å². The van der Waals surface area contributed by atoms with Crippen molar-refractivity contribution in [3.05, 3.63) is 34.3 Å². The number of β-amino-alcohol motifs (C(OH)–C–C–N with tert-alkyl or cyclic N) is 1. The summed E-state index contributed by atoms with van der Waals surface area (Å²) in [5, 5.41) is 22.3. The number of benzene rings is 1. The first kappa shape index (κ1) is 12.0. The maximum Gasteiger partial charge on any atom is 0.0914 e. The van der Waals surface area contributed by atoms with Crippen molar-refractivity contribution >= 4 is 15.9 Å². The van der Waals surface area contributed by atoms with Gasteiger partial charge in [-0.05, 0) is 30.5 Å². The highest BCUT2D eigenvalue weighted by atomic mass is 79.9. The molecule has 1 aromatic rings. The fourth-order valence-corrected chi connectivity index (χ4v) is 2.10. The maximum atomic E-state index is 9.97. The lowest BCUT2D eigenvalue weighted by molar-refractivity contribution is 0.154. The van der Waals surface area contributed by atoms with Crippen LogP contribution >= 0.6 is 15.9 Å². The van der Waals surface area contributed by atoms with Gasteiger partial charge in [0.1, 0.15) is 0 Å². The smallest absolute Gasteiger partial charge is 0.0914 e. The summed E-state index contributed by atoms with van der Waals surface area (Å²) in [5.41, 5.74) is 0.767. The maximum absolute atomic E-state index is 9.97. The fourth-order valence-electron chi connectivity index (χ4n) is 1.69. The van der Waals surface area contributed by atoms with E-state index in [-0.39, 0.29) is 12.1 Å². The van der Waals surface area contributed by atoms with Gasteiger partial charge in [-0.25, -0.2) is 0 Å². The van der Waals surface area contributed by atoms with E-state index in [2.05, 4.69) is 21.2 Å². The molecule has 0 saturated heterocycles. The third kappa shape index (κ3) is 2.83. The molecule has 16 heavy (non-hydrogen) atoms. The van der Waals surface area contributed by atoms with Crippen LogP contribution < -0.4 is 5.32 Å². The minimum absolute atomic E-state index is 0.118. The van der Waals surface area contributed by atoms with Crippen LogP contribution in [-0.2, 0) is 0 Å². The van der Waals surface area contributed by atoms with Crippen LogP contribution in [0.4, 0.5) is 0 Å². The highest BCUT2D eigenvalue weighted by Gasteiger charge is 2.41. The molecule has 0 heterocycles. The second kappa shape index (κ2) is 4.84. The molecule has 0 aliphatic heterocycles. The van der Waals surface area contributed by atoms with Crippen molar-refractivity contribution in [1.82, 2.24) is 5.32 Å². The van der Waals surface area contributed by atoms with Crippen LogP contribution in [0.5, 0.6) is 0 Å². The molecule has 1 aromatic carbocycles. The number of aliphatic hydroxyl groups excluding tert-OH is 2. The van der Waals surface area contributed by atoms with E-state index >= 15 is 0 Å². The summed E-state index contributed by atoms with van der Waals surface area (Å²) < 4.78 is 0.965. The molecule has 88 valence electrons. The van der Waals surface area contributed by atoms with Gasteiger partial charge in [-0.15, -0.1) is 0 Å². The Hall–Kier alpha value is -0.420. The van der Waals surface area contributed by atoms with Crippen molar-refractivity contribution in [3.63, 3.8) is 0 Å². The van der Waals surface area contributed by atoms with Crippen molar-refractivity contribution in [2.45, 2.75) is 24.5 Å². The standard InChI is InChI=1S/C12H16BrNO2/c13-10-3-1-2-9(6-10)11(16)7-14-12(8-15)4-5-12/h1-3,6,11,14-16H,4-5,7-8H2. The normalized spacial score (nSPS) is 19.4. The van der Waals surface area contributed by atoms with E-state index in [9.17, 15) is 5.11 Å². The quantitative estimate of drug-likeness (QED) is 0.770. The first-order chi connectivity index (χ1) is 7.65. The van der Waals surface area contributed by atoms with Crippen molar-refractivity contribution in [1.29, 1.82) is 0 Å². The molecule has 1 fully saturated rings. The van der Waals surface area contributed by atoms with E-state index in [0.29, 0.717) is 6.54 Å². The highest BCUT2D eigenvalue weighted by molar-refractivity contribution is 9.10. The molecule has 1 saturated carbocycles. The Morgan fingerprint density at radius 2 is 2.19 bits per heavy atom. The van der Waals surface area contributed by atoms with Gasteiger partial charge in [0.2, 0.25) is 0 Å². The summed E-state index contributed by atoms with van der Waals surface area (Å²) in [4.78, 5) is 0. The van der Waals surface area contributed by atoms with Gasteiger partial charge in [-0.1, -0.05) is 28.1 Å². The van der Waals surface area contributed by atoms with E-state index in [1.807, 2.05) is 24.3 Å². The van der Waals surface area contributed by atoms with Crippen molar-refractivity contribution in [2.75, 3.05) is 13.2 Å². The van der Waals surface area contributed by atoms with Gasteiger partial charge in [0.05, 0.1) is 12.7 Å². The summed E-state index contributed by atoms with van der Waals surface area (Å²) in [6.45, 7) is 0.634. The Bertz CT molecular complexity index is 366. The summed E-state index contributed by atoms with van der Waals surface area (Å²) in [5.74, 6) is 0. The lowest BCUT2D eigenvalue weighted by Gasteiger charge is -2.18. The van der Waals surface area contributed by atoms with Crippen molar-refractivity contribution < 1.29 is 10.2 Å². The predicted octanol–water partition coefficient (Wildman–Crippen LogP) is 1.60. The van der Waals surface area contributed by atoms with Gasteiger partial charge in [-0.3, -0.25) is 0 Å². The molecule has 4 heteroatoms. The van der Waals surface area contributed by atoms with Crippen LogP contribution in [0.1, 0.15) is 24.5 Å². The Morgan fingerprint density at radius 3 is 2.75 bits per heavy atom. The summed E-state index contributed by atoms with van der Waals surface area (Å²) >= 11 is 3.38. The number of hydrogen-bond acceptors (Lipinski definition) is 3. The molecule has 3 nitrogen and oxygen atoms in total. The van der Waals surface area contributed by atoms with E-state index in [1.165, 1.54) is 0 Å². The molecule has 0 aromatic heterocycles. The third-order valence-corrected chi connectivity index (χ3v) is 3.55. The van der Waals surface area contributed by atoms with Crippen molar-refractivity contribution in [3.8, 4) is 0 Å². The Morgan fingerprint density at radius 1 is 1.44 bits per heavy atom. The lowest BCUT2D eigenvalue weighted by Crippen LogP contribution is -2.37. The minimum Gasteiger partial charge on any atom is -0.394 e. The molecule has 0 radical (unpaired) electrons. The predicted molar refractivity (Wildman–Crippen MR) is 66.2 cm³/mol. The molecule has 1 aliphatic carbocycles. The topological polar surface area (TPSA) is 52.5 Å². The Labute approximate surface area is 104 Å². The van der Waals surface area contributed by atoms with Crippen molar-refractivity contribution in [2.24, 2.45) is 0 Å². The molecule has 0 amide bonds. The lowest BCUT2D eigenvalue weighted by atomic mass is 10.1. The number of hydrogen-bond donors (Lipinski definition) is 3. The SMILES string of the molecule is OCC1(NCC(O)c2cccc(Br)c2)CC1. The number of halogens is 1. The largest absolute Gasteiger partial charge is 0.394 e. The third-order valence-electron chi connectivity index (χ3n) is 3.06. The van der Waals surface area contributed by atoms with Gasteiger partial charge in [0.25, 0.3) is 0 Å². The van der Waals surface area contributed by atoms with E-state index in [4.69, 9.17) is 5.11 Å². The van der Waals surface area contributed by atoms with Crippen LogP contribution in [0.2, 0.25) is 0 Å². The summed E-state index contributed by atoms with van der Waals surface area (Å²) in [6, 6.07) is 7.64. The van der Waals surface area contributed by atoms with Crippen LogP contribution in [0.3, 0.4) is 0 Å². The average molecular weight is 286 g/mol. The first-order valence-corrected chi connectivity index (χ1v) is 6.24. The Balaban J connectivity index is 1.90. The summed E-state index contributed by atoms with van der Waals surface area (Å²) in [6.07, 6.45) is 1.46. The second-order valence-corrected chi connectivity index (χ2v) is 5.31. The Kier molecular flexibility index (Phi) is 3.64. The zero-order chi connectivity index (χ0) is 11.6. The first-order valence-electron chi connectivity index (χ1n) is 5.45. The van der Waals surface area contributed by atoms with E-state index in [1.54, 1.807) is 0 Å². The monoisotopic (exact) mass is 285 g/mol. The summed E-state index contributed by atoms with van der Waals surface area (Å²) in [7, 11) is 0. The molecule has 0 spiro atoms. The zero-order valence-electron chi connectivity index (χ0n) is 8.99. The van der Waals surface area contributed by atoms with Gasteiger partial charge in [0, 0.05) is 16.6 Å². The van der Waals surface area contributed by atoms with Crippen LogP contribution in [0.15, 0.2) is 28.7 Å². The van der Waals surface area contributed by atoms with Crippen LogP contribution in [-0.4, -0.2) is 28.9 Å². The number of nitrogens with one attached hydrogen (secondary N) is 1. The molecule has 1 unspecified atom stereocenters. The average Bonchev–Trinajstić information content (AvgIpc) is 3.07. The number of aliphatic hydroxyl groups is 2. The second-order valence-electron chi connectivity index (χ2n) is 4.39. The number of rotatable bonds is 5.